The van der Waals surface area contributed by atoms with Crippen molar-refractivity contribution in [2.24, 2.45) is 5.92 Å². The van der Waals surface area contributed by atoms with Crippen molar-refractivity contribution in [3.05, 3.63) is 0 Å². The van der Waals surface area contributed by atoms with Crippen LogP contribution in [0.4, 0.5) is 0 Å². The molecule has 0 aliphatic heterocycles. The highest BCUT2D eigenvalue weighted by molar-refractivity contribution is 5.75. The van der Waals surface area contributed by atoms with Gasteiger partial charge in [-0.1, -0.05) is 25.7 Å². The normalized spacial score (nSPS) is 18.3. The summed E-state index contributed by atoms with van der Waals surface area (Å²) in [5.74, 6) is 0.845. The van der Waals surface area contributed by atoms with Gasteiger partial charge in [0.1, 0.15) is 0 Å². The van der Waals surface area contributed by atoms with Crippen molar-refractivity contribution in [3.8, 4) is 0 Å². The molecule has 1 amide bonds. The monoisotopic (exact) mass is 242 g/mol. The molecule has 0 aromatic carbocycles. The quantitative estimate of drug-likeness (QED) is 0.655. The average molecular weight is 242 g/mol. The first-order valence-corrected chi connectivity index (χ1v) is 6.68. The van der Waals surface area contributed by atoms with Crippen LogP contribution in [0.1, 0.15) is 38.5 Å². The van der Waals surface area contributed by atoms with Crippen LogP contribution < -0.4 is 5.32 Å². The lowest BCUT2D eigenvalue weighted by atomic mass is 10.0. The molecular formula is C13H26N2O2. The Hall–Kier alpha value is -0.610. The van der Waals surface area contributed by atoms with Crippen LogP contribution in [0.2, 0.25) is 0 Å². The zero-order chi connectivity index (χ0) is 12.7. The second-order valence-electron chi connectivity index (χ2n) is 5.28. The van der Waals surface area contributed by atoms with E-state index in [-0.39, 0.29) is 12.0 Å². The Kier molecular flexibility index (Phi) is 6.52. The van der Waals surface area contributed by atoms with Crippen LogP contribution in [0, 0.1) is 5.92 Å². The van der Waals surface area contributed by atoms with Gasteiger partial charge in [0.05, 0.1) is 6.10 Å². The van der Waals surface area contributed by atoms with E-state index in [9.17, 15) is 9.90 Å². The Morgan fingerprint density at radius 3 is 2.65 bits per heavy atom. The summed E-state index contributed by atoms with van der Waals surface area (Å²) in [7, 11) is 3.52. The van der Waals surface area contributed by atoms with Gasteiger partial charge in [0.2, 0.25) is 5.91 Å². The van der Waals surface area contributed by atoms with Crippen molar-refractivity contribution in [2.45, 2.75) is 44.6 Å². The molecule has 0 heterocycles. The number of carbonyl (C=O) groups is 1. The van der Waals surface area contributed by atoms with Crippen molar-refractivity contribution < 1.29 is 9.90 Å². The van der Waals surface area contributed by atoms with Crippen LogP contribution in [-0.2, 0) is 4.79 Å². The van der Waals surface area contributed by atoms with Gasteiger partial charge < -0.3 is 15.3 Å². The first kappa shape index (κ1) is 14.5. The molecule has 1 aliphatic rings. The molecule has 0 radical (unpaired) electrons. The maximum Gasteiger partial charge on any atom is 0.223 e. The lowest BCUT2D eigenvalue weighted by Crippen LogP contribution is -2.32. The second kappa shape index (κ2) is 7.67. The van der Waals surface area contributed by atoms with Gasteiger partial charge in [-0.05, 0) is 12.3 Å². The highest BCUT2D eigenvalue weighted by Gasteiger charge is 2.18. The summed E-state index contributed by atoms with van der Waals surface area (Å²) in [5.41, 5.74) is 0. The lowest BCUT2D eigenvalue weighted by Gasteiger charge is -2.16. The SMILES string of the molecule is CN(C)C(=O)CCNCC(O)CC1CCCC1. The van der Waals surface area contributed by atoms with E-state index in [1.165, 1.54) is 25.7 Å². The van der Waals surface area contributed by atoms with Gasteiger partial charge in [-0.2, -0.15) is 0 Å². The highest BCUT2D eigenvalue weighted by Crippen LogP contribution is 2.28. The van der Waals surface area contributed by atoms with E-state index >= 15 is 0 Å². The smallest absolute Gasteiger partial charge is 0.223 e. The molecule has 1 fully saturated rings. The van der Waals surface area contributed by atoms with Gasteiger partial charge in [-0.3, -0.25) is 4.79 Å². The van der Waals surface area contributed by atoms with Gasteiger partial charge in [0.25, 0.3) is 0 Å². The number of nitrogens with zero attached hydrogens (tertiary/aromatic N) is 1. The third kappa shape index (κ3) is 6.03. The van der Waals surface area contributed by atoms with Crippen molar-refractivity contribution in [1.29, 1.82) is 0 Å². The van der Waals surface area contributed by atoms with Crippen LogP contribution >= 0.6 is 0 Å². The summed E-state index contributed by atoms with van der Waals surface area (Å²) in [5, 5.41) is 13.0. The Bertz CT molecular complexity index is 225. The fourth-order valence-corrected chi connectivity index (χ4v) is 2.40. The summed E-state index contributed by atoms with van der Waals surface area (Å²) < 4.78 is 0. The molecule has 1 aliphatic carbocycles. The maximum absolute atomic E-state index is 11.3. The van der Waals surface area contributed by atoms with E-state index in [4.69, 9.17) is 0 Å². The van der Waals surface area contributed by atoms with Crippen molar-refractivity contribution in [1.82, 2.24) is 10.2 Å². The van der Waals surface area contributed by atoms with E-state index in [1.54, 1.807) is 19.0 Å². The Morgan fingerprint density at radius 1 is 1.41 bits per heavy atom. The molecule has 0 bridgehead atoms. The van der Waals surface area contributed by atoms with Crippen LogP contribution in [0.5, 0.6) is 0 Å². The first-order chi connectivity index (χ1) is 8.09. The highest BCUT2D eigenvalue weighted by atomic mass is 16.3. The number of hydrogen-bond acceptors (Lipinski definition) is 3. The molecule has 2 N–H and O–H groups in total. The third-order valence-corrected chi connectivity index (χ3v) is 3.47. The van der Waals surface area contributed by atoms with E-state index in [1.807, 2.05) is 0 Å². The van der Waals surface area contributed by atoms with E-state index in [0.717, 1.165) is 12.3 Å². The summed E-state index contributed by atoms with van der Waals surface area (Å²) in [4.78, 5) is 12.9. The van der Waals surface area contributed by atoms with Gasteiger partial charge in [0, 0.05) is 33.6 Å². The zero-order valence-corrected chi connectivity index (χ0v) is 11.1. The summed E-state index contributed by atoms with van der Waals surface area (Å²) in [6.07, 6.45) is 6.35. The molecule has 0 aromatic rings. The Balaban J connectivity index is 1.99. The third-order valence-electron chi connectivity index (χ3n) is 3.47. The molecule has 4 nitrogen and oxygen atoms in total. The van der Waals surface area contributed by atoms with Crippen LogP contribution in [0.25, 0.3) is 0 Å². The molecule has 17 heavy (non-hydrogen) atoms. The fraction of sp³-hybridized carbons (Fsp3) is 0.923. The van der Waals surface area contributed by atoms with Crippen LogP contribution in [0.3, 0.4) is 0 Å². The maximum atomic E-state index is 11.3. The second-order valence-corrected chi connectivity index (χ2v) is 5.28. The number of amides is 1. The van der Waals surface area contributed by atoms with Crippen molar-refractivity contribution in [3.63, 3.8) is 0 Å². The molecule has 0 saturated heterocycles. The van der Waals surface area contributed by atoms with Gasteiger partial charge >= 0.3 is 0 Å². The van der Waals surface area contributed by atoms with Gasteiger partial charge in [0.15, 0.2) is 0 Å². The number of aliphatic hydroxyl groups is 1. The average Bonchev–Trinajstić information content (AvgIpc) is 2.76. The Labute approximate surface area is 104 Å². The van der Waals surface area contributed by atoms with E-state index in [2.05, 4.69) is 5.32 Å². The minimum Gasteiger partial charge on any atom is -0.392 e. The van der Waals surface area contributed by atoms with Crippen molar-refractivity contribution in [2.75, 3.05) is 27.2 Å². The van der Waals surface area contributed by atoms with Crippen LogP contribution in [-0.4, -0.2) is 49.2 Å². The topological polar surface area (TPSA) is 52.6 Å². The van der Waals surface area contributed by atoms with Gasteiger partial charge in [-0.15, -0.1) is 0 Å². The zero-order valence-electron chi connectivity index (χ0n) is 11.1. The largest absolute Gasteiger partial charge is 0.392 e. The number of nitrogens with one attached hydrogen (secondary N) is 1. The summed E-state index contributed by atoms with van der Waals surface area (Å²) in [6.45, 7) is 1.26. The van der Waals surface area contributed by atoms with E-state index < -0.39 is 0 Å². The minimum atomic E-state index is -0.257. The van der Waals surface area contributed by atoms with Gasteiger partial charge in [-0.25, -0.2) is 0 Å². The predicted octanol–water partition coefficient (Wildman–Crippen LogP) is 0.995. The molecule has 100 valence electrons. The van der Waals surface area contributed by atoms with E-state index in [0.29, 0.717) is 19.5 Å². The lowest BCUT2D eigenvalue weighted by molar-refractivity contribution is -0.128. The number of carbonyl (C=O) groups excluding carboxylic acids is 1. The Morgan fingerprint density at radius 2 is 2.06 bits per heavy atom. The minimum absolute atomic E-state index is 0.128. The molecule has 4 heteroatoms. The standard InChI is InChI=1S/C13H26N2O2/c1-15(2)13(17)7-8-14-10-12(16)9-11-5-3-4-6-11/h11-12,14,16H,3-10H2,1-2H3. The number of rotatable bonds is 7. The molecular weight excluding hydrogens is 216 g/mol. The molecule has 1 saturated carbocycles. The molecule has 1 rings (SSSR count). The number of aliphatic hydroxyl groups excluding tert-OH is 1. The first-order valence-electron chi connectivity index (χ1n) is 6.68. The predicted molar refractivity (Wildman–Crippen MR) is 68.8 cm³/mol. The summed E-state index contributed by atoms with van der Waals surface area (Å²) >= 11 is 0. The van der Waals surface area contributed by atoms with Crippen LogP contribution in [0.15, 0.2) is 0 Å². The summed E-state index contributed by atoms with van der Waals surface area (Å²) in [6, 6.07) is 0. The number of hydrogen-bond donors (Lipinski definition) is 2. The molecule has 1 unspecified atom stereocenters. The fourth-order valence-electron chi connectivity index (χ4n) is 2.40. The molecule has 0 aromatic heterocycles. The molecule has 0 spiro atoms. The molecule has 1 atom stereocenters. The van der Waals surface area contributed by atoms with Crippen molar-refractivity contribution >= 4 is 5.91 Å².